The van der Waals surface area contributed by atoms with Crippen molar-refractivity contribution in [1.82, 2.24) is 16.0 Å². The molecule has 6 heteroatoms. The summed E-state index contributed by atoms with van der Waals surface area (Å²) in [5.41, 5.74) is 0.852. The summed E-state index contributed by atoms with van der Waals surface area (Å²) in [6.45, 7) is 11.4. The molecule has 0 aliphatic carbocycles. The van der Waals surface area contributed by atoms with E-state index >= 15 is 0 Å². The van der Waals surface area contributed by atoms with Crippen LogP contribution in [0.15, 0.2) is 21.7 Å². The van der Waals surface area contributed by atoms with E-state index in [-0.39, 0.29) is 5.91 Å². The van der Waals surface area contributed by atoms with Crippen molar-refractivity contribution >= 4 is 11.9 Å². The van der Waals surface area contributed by atoms with Crippen LogP contribution in [-0.4, -0.2) is 38.0 Å². The Labute approximate surface area is 145 Å². The van der Waals surface area contributed by atoms with Gasteiger partial charge in [0.25, 0.3) is 5.91 Å². The zero-order valence-corrected chi connectivity index (χ0v) is 15.4. The van der Waals surface area contributed by atoms with Crippen molar-refractivity contribution in [1.29, 1.82) is 0 Å². The molecule has 3 N–H and O–H groups in total. The molecular formula is C18H32N4O2. The van der Waals surface area contributed by atoms with E-state index in [4.69, 9.17) is 4.42 Å². The summed E-state index contributed by atoms with van der Waals surface area (Å²) in [4.78, 5) is 16.4. The van der Waals surface area contributed by atoms with E-state index in [0.29, 0.717) is 18.8 Å². The number of nitrogens with zero attached hydrogens (tertiary/aromatic N) is 1. The lowest BCUT2D eigenvalue weighted by atomic mass is 10.1. The highest BCUT2D eigenvalue weighted by Crippen LogP contribution is 2.07. The van der Waals surface area contributed by atoms with Crippen molar-refractivity contribution in [2.75, 3.05) is 26.2 Å². The first-order chi connectivity index (χ1) is 11.5. The molecule has 0 saturated carbocycles. The topological polar surface area (TPSA) is 78.7 Å². The number of guanidine groups is 1. The summed E-state index contributed by atoms with van der Waals surface area (Å²) in [6.07, 6.45) is 4.67. The number of rotatable bonds is 10. The van der Waals surface area contributed by atoms with Gasteiger partial charge in [-0.3, -0.25) is 9.79 Å². The van der Waals surface area contributed by atoms with E-state index in [0.717, 1.165) is 43.4 Å². The minimum atomic E-state index is -0.166. The third kappa shape index (κ3) is 8.04. The Kier molecular flexibility index (Phi) is 9.65. The van der Waals surface area contributed by atoms with Gasteiger partial charge < -0.3 is 20.4 Å². The quantitative estimate of drug-likeness (QED) is 0.349. The highest BCUT2D eigenvalue weighted by Gasteiger charge is 2.11. The van der Waals surface area contributed by atoms with Crippen LogP contribution in [0.2, 0.25) is 0 Å². The van der Waals surface area contributed by atoms with Crippen LogP contribution in [0.4, 0.5) is 0 Å². The second kappa shape index (κ2) is 11.5. The van der Waals surface area contributed by atoms with Gasteiger partial charge in [-0.2, -0.15) is 0 Å². The number of amides is 1. The fourth-order valence-electron chi connectivity index (χ4n) is 2.22. The van der Waals surface area contributed by atoms with Gasteiger partial charge in [-0.15, -0.1) is 0 Å². The number of aliphatic imine (C=N–C) groups is 1. The van der Waals surface area contributed by atoms with Gasteiger partial charge in [-0.1, -0.05) is 13.8 Å². The minimum Gasteiger partial charge on any atom is -0.459 e. The molecule has 0 unspecified atom stereocenters. The van der Waals surface area contributed by atoms with Crippen molar-refractivity contribution in [2.24, 2.45) is 10.9 Å². The fraction of sp³-hybridized carbons (Fsp3) is 0.667. The Morgan fingerprint density at radius 2 is 1.96 bits per heavy atom. The highest BCUT2D eigenvalue weighted by atomic mass is 16.3. The Morgan fingerprint density at radius 1 is 1.21 bits per heavy atom. The largest absolute Gasteiger partial charge is 0.459 e. The smallest absolute Gasteiger partial charge is 0.287 e. The zero-order chi connectivity index (χ0) is 17.8. The van der Waals surface area contributed by atoms with Crippen molar-refractivity contribution in [2.45, 2.75) is 47.0 Å². The third-order valence-corrected chi connectivity index (χ3v) is 3.55. The maximum Gasteiger partial charge on any atom is 0.287 e. The minimum absolute atomic E-state index is 0.166. The molecule has 0 atom stereocenters. The fourth-order valence-corrected chi connectivity index (χ4v) is 2.22. The molecular weight excluding hydrogens is 304 g/mol. The average Bonchev–Trinajstić information content (AvgIpc) is 2.96. The maximum atomic E-state index is 11.9. The van der Waals surface area contributed by atoms with E-state index < -0.39 is 0 Å². The maximum absolute atomic E-state index is 11.9. The van der Waals surface area contributed by atoms with Crippen molar-refractivity contribution in [3.63, 3.8) is 0 Å². The van der Waals surface area contributed by atoms with E-state index in [1.165, 1.54) is 12.7 Å². The van der Waals surface area contributed by atoms with Gasteiger partial charge in [0, 0.05) is 31.7 Å². The Balaban J connectivity index is 2.24. The molecule has 1 amide bonds. The number of hydrogen-bond donors (Lipinski definition) is 3. The van der Waals surface area contributed by atoms with E-state index in [1.54, 1.807) is 6.07 Å². The Hall–Kier alpha value is -1.98. The molecule has 1 rings (SSSR count). The predicted molar refractivity (Wildman–Crippen MR) is 98.4 cm³/mol. The average molecular weight is 336 g/mol. The summed E-state index contributed by atoms with van der Waals surface area (Å²) in [7, 11) is 0. The molecule has 0 bridgehead atoms. The number of hydrogen-bond acceptors (Lipinski definition) is 3. The molecule has 0 aliphatic rings. The van der Waals surface area contributed by atoms with E-state index in [2.05, 4.69) is 41.7 Å². The van der Waals surface area contributed by atoms with Gasteiger partial charge in [0.1, 0.15) is 0 Å². The van der Waals surface area contributed by atoms with Crippen LogP contribution in [0.5, 0.6) is 0 Å². The van der Waals surface area contributed by atoms with Crippen molar-refractivity contribution in [3.05, 3.63) is 23.7 Å². The molecule has 1 aromatic rings. The molecule has 1 aromatic heterocycles. The molecule has 0 fully saturated rings. The second-order valence-electron chi connectivity index (χ2n) is 6.27. The third-order valence-electron chi connectivity index (χ3n) is 3.55. The van der Waals surface area contributed by atoms with Gasteiger partial charge in [0.2, 0.25) is 0 Å². The summed E-state index contributed by atoms with van der Waals surface area (Å²) in [5, 5.41) is 9.43. The molecule has 1 heterocycles. The first kappa shape index (κ1) is 20.1. The summed E-state index contributed by atoms with van der Waals surface area (Å²) >= 11 is 0. The van der Waals surface area contributed by atoms with Gasteiger partial charge in [0.05, 0.1) is 6.26 Å². The molecule has 136 valence electrons. The zero-order valence-electron chi connectivity index (χ0n) is 15.4. The Morgan fingerprint density at radius 3 is 2.58 bits per heavy atom. The molecule has 6 nitrogen and oxygen atoms in total. The van der Waals surface area contributed by atoms with Crippen molar-refractivity contribution in [3.8, 4) is 0 Å². The first-order valence-corrected chi connectivity index (χ1v) is 8.89. The molecule has 0 spiro atoms. The lowest BCUT2D eigenvalue weighted by Crippen LogP contribution is -2.38. The standard InChI is InChI=1S/C18H32N4O2/c1-5-19-18(21-10-6-8-14(2)3)22-12-7-11-20-17(23)16-15(4)9-13-24-16/h9,13-14H,5-8,10-12H2,1-4H3,(H,20,23)(H2,19,21,22). The molecule has 0 aromatic carbocycles. The summed E-state index contributed by atoms with van der Waals surface area (Å²) in [6, 6.07) is 1.78. The van der Waals surface area contributed by atoms with Gasteiger partial charge in [-0.25, -0.2) is 0 Å². The monoisotopic (exact) mass is 336 g/mol. The van der Waals surface area contributed by atoms with Gasteiger partial charge >= 0.3 is 0 Å². The number of nitrogens with one attached hydrogen (secondary N) is 3. The SMILES string of the molecule is CCNC(=NCCCNC(=O)c1occc1C)NCCCC(C)C. The van der Waals surface area contributed by atoms with Gasteiger partial charge in [0.15, 0.2) is 11.7 Å². The number of aryl methyl sites for hydroxylation is 1. The number of carbonyl (C=O) groups is 1. The molecule has 0 aliphatic heterocycles. The molecule has 24 heavy (non-hydrogen) atoms. The lowest BCUT2D eigenvalue weighted by molar-refractivity contribution is 0.0925. The van der Waals surface area contributed by atoms with Crippen LogP contribution >= 0.6 is 0 Å². The molecule has 0 saturated heterocycles. The summed E-state index contributed by atoms with van der Waals surface area (Å²) in [5.74, 6) is 1.79. The lowest BCUT2D eigenvalue weighted by Gasteiger charge is -2.12. The highest BCUT2D eigenvalue weighted by molar-refractivity contribution is 5.92. The van der Waals surface area contributed by atoms with E-state index in [1.807, 2.05) is 6.92 Å². The van der Waals surface area contributed by atoms with Crippen LogP contribution in [0.3, 0.4) is 0 Å². The van der Waals surface area contributed by atoms with Gasteiger partial charge in [-0.05, 0) is 45.1 Å². The number of carbonyl (C=O) groups excluding carboxylic acids is 1. The van der Waals surface area contributed by atoms with Crippen LogP contribution in [-0.2, 0) is 0 Å². The van der Waals surface area contributed by atoms with Crippen LogP contribution in [0, 0.1) is 12.8 Å². The first-order valence-electron chi connectivity index (χ1n) is 8.89. The molecule has 0 radical (unpaired) electrons. The van der Waals surface area contributed by atoms with Crippen LogP contribution in [0.1, 0.15) is 56.2 Å². The summed E-state index contributed by atoms with van der Waals surface area (Å²) < 4.78 is 5.17. The predicted octanol–water partition coefficient (Wildman–Crippen LogP) is 2.70. The van der Waals surface area contributed by atoms with Crippen LogP contribution in [0.25, 0.3) is 0 Å². The normalized spacial score (nSPS) is 11.6. The second-order valence-corrected chi connectivity index (χ2v) is 6.27. The van der Waals surface area contributed by atoms with Crippen LogP contribution < -0.4 is 16.0 Å². The Bertz CT molecular complexity index is 509. The number of furan rings is 1. The van der Waals surface area contributed by atoms with Crippen molar-refractivity contribution < 1.29 is 9.21 Å². The van der Waals surface area contributed by atoms with E-state index in [9.17, 15) is 4.79 Å².